The van der Waals surface area contributed by atoms with Gasteiger partial charge in [-0.3, -0.25) is 4.79 Å². The van der Waals surface area contributed by atoms with E-state index in [0.717, 1.165) is 6.42 Å². The van der Waals surface area contributed by atoms with Crippen molar-refractivity contribution in [2.75, 3.05) is 13.7 Å². The van der Waals surface area contributed by atoms with E-state index in [1.54, 1.807) is 11.3 Å². The Balaban J connectivity index is 2.43. The molecule has 0 bridgehead atoms. The first-order valence-corrected chi connectivity index (χ1v) is 6.97. The van der Waals surface area contributed by atoms with E-state index in [0.29, 0.717) is 12.6 Å². The summed E-state index contributed by atoms with van der Waals surface area (Å²) in [6.45, 7) is 2.70. The van der Waals surface area contributed by atoms with Crippen LogP contribution in [0.2, 0.25) is 0 Å². The summed E-state index contributed by atoms with van der Waals surface area (Å²) in [5, 5.41) is 5.41. The summed E-state index contributed by atoms with van der Waals surface area (Å²) in [6, 6.07) is 4.45. The van der Waals surface area contributed by atoms with Crippen LogP contribution >= 0.6 is 27.3 Å². The van der Waals surface area contributed by atoms with E-state index in [2.05, 4.69) is 44.4 Å². The highest BCUT2D eigenvalue weighted by Gasteiger charge is 2.17. The second-order valence-corrected chi connectivity index (χ2v) is 5.46. The lowest BCUT2D eigenvalue weighted by molar-refractivity contribution is -0.139. The van der Waals surface area contributed by atoms with Gasteiger partial charge in [-0.05, 0) is 17.9 Å². The second-order valence-electron chi connectivity index (χ2n) is 3.38. The van der Waals surface area contributed by atoms with E-state index >= 15 is 0 Å². The quantitative estimate of drug-likeness (QED) is 0.649. The summed E-state index contributed by atoms with van der Waals surface area (Å²) in [5.41, 5.74) is 0. The average molecular weight is 306 g/mol. The van der Waals surface area contributed by atoms with Crippen LogP contribution in [0.5, 0.6) is 0 Å². The van der Waals surface area contributed by atoms with Crippen LogP contribution in [-0.2, 0) is 9.53 Å². The molecule has 90 valence electrons. The number of hydrogen-bond acceptors (Lipinski definition) is 4. The van der Waals surface area contributed by atoms with Crippen molar-refractivity contribution in [3.8, 4) is 0 Å². The number of carbonyl (C=O) groups is 1. The molecule has 5 heteroatoms. The van der Waals surface area contributed by atoms with E-state index in [4.69, 9.17) is 0 Å². The molecule has 1 heterocycles. The molecule has 0 aliphatic carbocycles. The molecule has 0 amide bonds. The lowest BCUT2D eigenvalue weighted by Crippen LogP contribution is -2.32. The van der Waals surface area contributed by atoms with Crippen molar-refractivity contribution in [2.24, 2.45) is 0 Å². The van der Waals surface area contributed by atoms with E-state index in [1.807, 2.05) is 6.07 Å². The topological polar surface area (TPSA) is 38.3 Å². The third-order valence-corrected chi connectivity index (χ3v) is 3.98. The fourth-order valence-electron chi connectivity index (χ4n) is 1.39. The van der Waals surface area contributed by atoms with Crippen molar-refractivity contribution in [1.29, 1.82) is 0 Å². The normalized spacial score (nSPS) is 14.4. The number of nitrogens with one attached hydrogen (secondary N) is 1. The number of carbonyl (C=O) groups excluding carboxylic acids is 1. The minimum Gasteiger partial charge on any atom is -0.468 e. The summed E-state index contributed by atoms with van der Waals surface area (Å²) in [6.07, 6.45) is 1.00. The number of thiophene rings is 1. The molecule has 0 radical (unpaired) electrons. The highest BCUT2D eigenvalue weighted by molar-refractivity contribution is 9.10. The lowest BCUT2D eigenvalue weighted by Gasteiger charge is -2.17. The van der Waals surface area contributed by atoms with Gasteiger partial charge < -0.3 is 10.1 Å². The molecule has 0 saturated heterocycles. The zero-order valence-electron chi connectivity index (χ0n) is 9.40. The molecule has 16 heavy (non-hydrogen) atoms. The molecule has 1 N–H and O–H groups in total. The maximum Gasteiger partial charge on any atom is 0.320 e. The number of rotatable bonds is 6. The van der Waals surface area contributed by atoms with Gasteiger partial charge in [0, 0.05) is 17.5 Å². The molecule has 0 saturated carbocycles. The molecule has 2 unspecified atom stereocenters. The molecule has 0 aromatic carbocycles. The third-order valence-electron chi connectivity index (χ3n) is 2.30. The number of halogens is 1. The molecule has 1 rings (SSSR count). The van der Waals surface area contributed by atoms with Gasteiger partial charge in [-0.2, -0.15) is 0 Å². The minimum atomic E-state index is -0.286. The smallest absolute Gasteiger partial charge is 0.320 e. The Morgan fingerprint density at radius 3 is 2.94 bits per heavy atom. The van der Waals surface area contributed by atoms with E-state index in [1.165, 1.54) is 12.0 Å². The molecule has 0 aliphatic heterocycles. The molecule has 0 fully saturated rings. The molecule has 3 nitrogen and oxygen atoms in total. The largest absolute Gasteiger partial charge is 0.468 e. The van der Waals surface area contributed by atoms with Crippen LogP contribution < -0.4 is 5.32 Å². The Hall–Kier alpha value is -0.390. The van der Waals surface area contributed by atoms with Gasteiger partial charge in [0.1, 0.15) is 4.83 Å². The fourth-order valence-corrected chi connectivity index (χ4v) is 2.65. The first kappa shape index (κ1) is 13.7. The standard InChI is InChI=1S/C11H16BrNO2S/c1-3-9(10-5-4-6-16-10)13-7-8(12)11(14)15-2/h4-6,8-9,13H,3,7H2,1-2H3. The molecular formula is C11H16BrNO2S. The summed E-state index contributed by atoms with van der Waals surface area (Å²) < 4.78 is 4.65. The van der Waals surface area contributed by atoms with Crippen LogP contribution in [0.15, 0.2) is 17.5 Å². The van der Waals surface area contributed by atoms with E-state index < -0.39 is 0 Å². The average Bonchev–Trinajstić information content (AvgIpc) is 2.82. The van der Waals surface area contributed by atoms with Gasteiger partial charge in [-0.15, -0.1) is 11.3 Å². The molecular weight excluding hydrogens is 290 g/mol. The number of alkyl halides is 1. The Morgan fingerprint density at radius 2 is 2.44 bits per heavy atom. The van der Waals surface area contributed by atoms with Crippen LogP contribution in [0, 0.1) is 0 Å². The maximum atomic E-state index is 11.2. The number of hydrogen-bond donors (Lipinski definition) is 1. The second kappa shape index (κ2) is 7.04. The van der Waals surface area contributed by atoms with E-state index in [-0.39, 0.29) is 10.8 Å². The van der Waals surface area contributed by atoms with E-state index in [9.17, 15) is 4.79 Å². The third kappa shape index (κ3) is 3.88. The highest BCUT2D eigenvalue weighted by Crippen LogP contribution is 2.21. The van der Waals surface area contributed by atoms with Gasteiger partial charge in [0.05, 0.1) is 7.11 Å². The zero-order valence-corrected chi connectivity index (χ0v) is 11.8. The van der Waals surface area contributed by atoms with Crippen LogP contribution in [0.1, 0.15) is 24.3 Å². The van der Waals surface area contributed by atoms with Gasteiger partial charge in [0.15, 0.2) is 0 Å². The Kier molecular flexibility index (Phi) is 6.01. The van der Waals surface area contributed by atoms with Crippen LogP contribution in [-0.4, -0.2) is 24.5 Å². The summed E-state index contributed by atoms with van der Waals surface area (Å²) in [5.74, 6) is -0.242. The highest BCUT2D eigenvalue weighted by atomic mass is 79.9. The Bertz CT molecular complexity index is 316. The minimum absolute atomic E-state index is 0.242. The Morgan fingerprint density at radius 1 is 1.69 bits per heavy atom. The fraction of sp³-hybridized carbons (Fsp3) is 0.545. The van der Waals surface area contributed by atoms with Gasteiger partial charge >= 0.3 is 5.97 Å². The predicted molar refractivity (Wildman–Crippen MR) is 70.1 cm³/mol. The van der Waals surface area contributed by atoms with Gasteiger partial charge in [0.25, 0.3) is 0 Å². The Labute approximate surface area is 108 Å². The SMILES string of the molecule is CCC(NCC(Br)C(=O)OC)c1cccs1. The van der Waals surface area contributed by atoms with Crippen LogP contribution in [0.4, 0.5) is 0 Å². The molecule has 0 aliphatic rings. The van der Waals surface area contributed by atoms with Crippen molar-refractivity contribution in [3.63, 3.8) is 0 Å². The van der Waals surface area contributed by atoms with Gasteiger partial charge in [-0.1, -0.05) is 28.9 Å². The number of ether oxygens (including phenoxy) is 1. The van der Waals surface area contributed by atoms with Crippen LogP contribution in [0.25, 0.3) is 0 Å². The molecule has 1 aromatic heterocycles. The van der Waals surface area contributed by atoms with Gasteiger partial charge in [-0.25, -0.2) is 0 Å². The maximum absolute atomic E-state index is 11.2. The van der Waals surface area contributed by atoms with Crippen molar-refractivity contribution in [1.82, 2.24) is 5.32 Å². The molecule has 0 spiro atoms. The molecule has 2 atom stereocenters. The lowest BCUT2D eigenvalue weighted by atomic mass is 10.2. The first-order chi connectivity index (χ1) is 7.69. The van der Waals surface area contributed by atoms with Crippen molar-refractivity contribution < 1.29 is 9.53 Å². The predicted octanol–water partition coefficient (Wildman–Crippen LogP) is 2.73. The first-order valence-electron chi connectivity index (χ1n) is 5.17. The van der Waals surface area contributed by atoms with Crippen molar-refractivity contribution >= 4 is 33.2 Å². The number of esters is 1. The summed E-state index contributed by atoms with van der Waals surface area (Å²) in [7, 11) is 1.40. The van der Waals surface area contributed by atoms with Crippen LogP contribution in [0.3, 0.4) is 0 Å². The summed E-state index contributed by atoms with van der Waals surface area (Å²) >= 11 is 5.02. The zero-order chi connectivity index (χ0) is 12.0. The van der Waals surface area contributed by atoms with Crippen molar-refractivity contribution in [2.45, 2.75) is 24.2 Å². The van der Waals surface area contributed by atoms with Gasteiger partial charge in [0.2, 0.25) is 0 Å². The van der Waals surface area contributed by atoms with Crippen molar-refractivity contribution in [3.05, 3.63) is 22.4 Å². The monoisotopic (exact) mass is 305 g/mol. The number of methoxy groups -OCH3 is 1. The molecule has 1 aromatic rings. The summed E-state index contributed by atoms with van der Waals surface area (Å²) in [4.78, 5) is 12.2.